The molecule has 2 aromatic rings. The second-order valence-corrected chi connectivity index (χ2v) is 11.4. The van der Waals surface area contributed by atoms with Gasteiger partial charge in [0.25, 0.3) is 10.0 Å². The first-order valence-corrected chi connectivity index (χ1v) is 11.9. The summed E-state index contributed by atoms with van der Waals surface area (Å²) in [6.45, 7) is 1.86. The highest BCUT2D eigenvalue weighted by Crippen LogP contribution is 2.61. The Morgan fingerprint density at radius 3 is 2.10 bits per heavy atom. The largest absolute Gasteiger partial charge is 0.349 e. The lowest BCUT2D eigenvalue weighted by molar-refractivity contribution is -0.0535. The number of nitrogens with zero attached hydrogens (tertiary/aromatic N) is 2. The van der Waals surface area contributed by atoms with E-state index in [0.29, 0.717) is 10.4 Å². The van der Waals surface area contributed by atoms with Crippen molar-refractivity contribution in [1.82, 2.24) is 8.54 Å². The van der Waals surface area contributed by atoms with E-state index in [1.165, 1.54) is 43.8 Å². The van der Waals surface area contributed by atoms with E-state index in [4.69, 9.17) is 0 Å². The van der Waals surface area contributed by atoms with Crippen LogP contribution in [0.4, 0.5) is 0 Å². The van der Waals surface area contributed by atoms with Crippen molar-refractivity contribution in [3.8, 4) is 0 Å². The van der Waals surface area contributed by atoms with Crippen molar-refractivity contribution in [2.45, 2.75) is 56.8 Å². The molecule has 0 radical (unpaired) electrons. The topological polar surface area (TPSA) is 78.1 Å². The van der Waals surface area contributed by atoms with E-state index in [-0.39, 0.29) is 16.2 Å². The predicted molar refractivity (Wildman–Crippen MR) is 108 cm³/mol. The van der Waals surface area contributed by atoms with Crippen molar-refractivity contribution < 1.29 is 13.2 Å². The minimum Gasteiger partial charge on any atom is -0.274 e. The van der Waals surface area contributed by atoms with Crippen LogP contribution in [0.2, 0.25) is 0 Å². The van der Waals surface area contributed by atoms with E-state index in [2.05, 4.69) is 0 Å². The molecule has 29 heavy (non-hydrogen) atoms. The summed E-state index contributed by atoms with van der Waals surface area (Å²) < 4.78 is 27.4. The minimum absolute atomic E-state index is 0.00318. The molecule has 0 N–H and O–H groups in total. The van der Waals surface area contributed by atoms with Gasteiger partial charge in [-0.15, -0.1) is 0 Å². The number of hydrogen-bond donors (Lipinski definition) is 0. The summed E-state index contributed by atoms with van der Waals surface area (Å²) in [5, 5.41) is 0. The Balaban J connectivity index is 1.42. The molecule has 0 atom stereocenters. The van der Waals surface area contributed by atoms with Crippen LogP contribution in [-0.4, -0.2) is 22.9 Å². The summed E-state index contributed by atoms with van der Waals surface area (Å²) in [5.74, 6) is 1.88. The zero-order valence-corrected chi connectivity index (χ0v) is 17.4. The maximum Gasteiger partial charge on any atom is 0.349 e. The number of rotatable bonds is 4. The van der Waals surface area contributed by atoms with Gasteiger partial charge in [0.05, 0.1) is 4.90 Å². The zero-order chi connectivity index (χ0) is 20.4. The summed E-state index contributed by atoms with van der Waals surface area (Å²) in [5.41, 5.74) is 0.128. The van der Waals surface area contributed by atoms with Crippen LogP contribution in [0.15, 0.2) is 46.3 Å². The number of carbonyl (C=O) groups is 1. The number of imidazole rings is 1. The van der Waals surface area contributed by atoms with Crippen LogP contribution >= 0.6 is 0 Å². The Hall–Kier alpha value is -2.15. The zero-order valence-electron chi connectivity index (χ0n) is 16.6. The van der Waals surface area contributed by atoms with Crippen molar-refractivity contribution in [1.29, 1.82) is 0 Å². The van der Waals surface area contributed by atoms with Crippen LogP contribution in [0.25, 0.3) is 0 Å². The highest BCUT2D eigenvalue weighted by Gasteiger charge is 2.51. The van der Waals surface area contributed by atoms with Gasteiger partial charge in [0.2, 0.25) is 5.91 Å². The maximum absolute atomic E-state index is 13.0. The lowest BCUT2D eigenvalue weighted by atomic mass is 9.49. The summed E-state index contributed by atoms with van der Waals surface area (Å²) >= 11 is 0. The normalized spacial score (nSPS) is 30.6. The number of hydrogen-bond acceptors (Lipinski definition) is 4. The van der Waals surface area contributed by atoms with Crippen molar-refractivity contribution in [3.63, 3.8) is 0 Å². The predicted octanol–water partition coefficient (Wildman–Crippen LogP) is 3.44. The average molecular weight is 415 g/mol. The number of carbonyl (C=O) groups excluding carboxylic acids is 1. The molecule has 1 heterocycles. The van der Waals surface area contributed by atoms with Gasteiger partial charge in [-0.25, -0.2) is 17.8 Å². The third kappa shape index (κ3) is 3.10. The molecule has 154 valence electrons. The van der Waals surface area contributed by atoms with Gasteiger partial charge in [-0.2, -0.15) is 3.97 Å². The van der Waals surface area contributed by atoms with Crippen LogP contribution in [0, 0.1) is 30.1 Å². The lowest BCUT2D eigenvalue weighted by Gasteiger charge is -2.56. The molecule has 0 spiro atoms. The molecular formula is C22H26N2O4S. The third-order valence-corrected chi connectivity index (χ3v) is 8.95. The summed E-state index contributed by atoms with van der Waals surface area (Å²) in [4.78, 5) is 25.9. The summed E-state index contributed by atoms with van der Waals surface area (Å²) in [6, 6.07) is 6.33. The Morgan fingerprint density at radius 1 is 1.00 bits per heavy atom. The fourth-order valence-corrected chi connectivity index (χ4v) is 7.69. The van der Waals surface area contributed by atoms with Gasteiger partial charge >= 0.3 is 5.69 Å². The molecule has 4 aliphatic rings. The van der Waals surface area contributed by atoms with Gasteiger partial charge in [0, 0.05) is 18.8 Å². The van der Waals surface area contributed by atoms with E-state index >= 15 is 0 Å². The molecule has 7 heteroatoms. The smallest absolute Gasteiger partial charge is 0.274 e. The Morgan fingerprint density at radius 2 is 1.55 bits per heavy atom. The Labute approximate surface area is 170 Å². The molecule has 0 aliphatic heterocycles. The van der Waals surface area contributed by atoms with E-state index in [1.807, 2.05) is 6.92 Å². The van der Waals surface area contributed by atoms with Crippen LogP contribution in [0.5, 0.6) is 0 Å². The van der Waals surface area contributed by atoms with Crippen molar-refractivity contribution in [2.24, 2.45) is 23.2 Å². The summed E-state index contributed by atoms with van der Waals surface area (Å²) in [6.07, 6.45) is 9.91. The number of benzene rings is 1. The van der Waals surface area contributed by atoms with Gasteiger partial charge in [0.1, 0.15) is 0 Å². The molecule has 6 nitrogen and oxygen atoms in total. The molecule has 0 amide bonds. The first-order valence-electron chi connectivity index (χ1n) is 10.4. The third-order valence-electron chi connectivity index (χ3n) is 7.28. The molecule has 0 unspecified atom stereocenters. The molecule has 4 fully saturated rings. The van der Waals surface area contributed by atoms with Crippen LogP contribution < -0.4 is 5.69 Å². The second-order valence-electron chi connectivity index (χ2n) is 9.55. The maximum atomic E-state index is 13.0. The summed E-state index contributed by atoms with van der Waals surface area (Å²) in [7, 11) is -4.02. The van der Waals surface area contributed by atoms with E-state index < -0.39 is 15.7 Å². The molecule has 4 saturated carbocycles. The fraction of sp³-hybridized carbons (Fsp3) is 0.545. The van der Waals surface area contributed by atoms with E-state index in [1.54, 1.807) is 12.1 Å². The molecular weight excluding hydrogens is 388 g/mol. The Kier molecular flexibility index (Phi) is 4.18. The fourth-order valence-electron chi connectivity index (χ4n) is 6.47. The van der Waals surface area contributed by atoms with Gasteiger partial charge in [-0.3, -0.25) is 4.79 Å². The SMILES string of the molecule is Cc1ccc(S(=O)(=O)n2ccn(C(=O)CC34CC5CC(CC(C5)C3)C4)c2=O)cc1. The number of aryl methyl sites for hydroxylation is 1. The van der Waals surface area contributed by atoms with Crippen molar-refractivity contribution in [3.05, 3.63) is 52.7 Å². The van der Waals surface area contributed by atoms with Gasteiger partial charge < -0.3 is 0 Å². The van der Waals surface area contributed by atoms with Gasteiger partial charge in [-0.1, -0.05) is 17.7 Å². The van der Waals surface area contributed by atoms with E-state index in [9.17, 15) is 18.0 Å². The molecule has 4 aliphatic carbocycles. The second kappa shape index (κ2) is 6.42. The monoisotopic (exact) mass is 414 g/mol. The highest BCUT2D eigenvalue weighted by atomic mass is 32.2. The van der Waals surface area contributed by atoms with Gasteiger partial charge in [0.15, 0.2) is 0 Å². The Bertz CT molecular complexity index is 1090. The molecule has 1 aromatic carbocycles. The average Bonchev–Trinajstić information content (AvgIpc) is 3.03. The van der Waals surface area contributed by atoms with Gasteiger partial charge in [-0.05, 0) is 80.8 Å². The van der Waals surface area contributed by atoms with Crippen LogP contribution in [0.3, 0.4) is 0 Å². The molecule has 1 aromatic heterocycles. The minimum atomic E-state index is -4.02. The number of aromatic nitrogens is 2. The van der Waals surface area contributed by atoms with Crippen molar-refractivity contribution in [2.75, 3.05) is 0 Å². The van der Waals surface area contributed by atoms with Crippen LogP contribution in [-0.2, 0) is 10.0 Å². The molecule has 0 saturated heterocycles. The quantitative estimate of drug-likeness (QED) is 0.768. The highest BCUT2D eigenvalue weighted by molar-refractivity contribution is 7.90. The molecule has 6 rings (SSSR count). The molecule has 4 bridgehead atoms. The lowest BCUT2D eigenvalue weighted by Crippen LogP contribution is -2.47. The van der Waals surface area contributed by atoms with Crippen molar-refractivity contribution >= 4 is 15.9 Å². The first-order chi connectivity index (χ1) is 13.8. The van der Waals surface area contributed by atoms with E-state index in [0.717, 1.165) is 47.1 Å². The first kappa shape index (κ1) is 18.9. The van der Waals surface area contributed by atoms with Crippen LogP contribution in [0.1, 0.15) is 55.3 Å². The standard InChI is InChI=1S/C22H26N2O4S/c1-15-2-4-19(5-3-15)29(27,28)24-7-6-23(21(24)26)20(25)14-22-11-16-8-17(12-22)10-18(9-16)13-22/h2-7,16-18H,8-14H2,1H3.